The van der Waals surface area contributed by atoms with E-state index in [1.807, 2.05) is 67.1 Å². The zero-order valence-corrected chi connectivity index (χ0v) is 16.3. The fraction of sp³-hybridized carbons (Fsp3) is 0.150. The summed E-state index contributed by atoms with van der Waals surface area (Å²) < 4.78 is 7.36. The lowest BCUT2D eigenvalue weighted by Crippen LogP contribution is -2.12. The van der Waals surface area contributed by atoms with Gasteiger partial charge in [0.25, 0.3) is 5.91 Å². The summed E-state index contributed by atoms with van der Waals surface area (Å²) >= 11 is 1.51. The van der Waals surface area contributed by atoms with Crippen LogP contribution in [0.5, 0.6) is 5.75 Å². The number of carbonyl (C=O) groups is 1. The number of ether oxygens (including phenoxy) is 1. The molecule has 0 unspecified atom stereocenters. The number of fused-ring (bicyclic) bond motifs is 1. The Kier molecular flexibility index (Phi) is 5.03. The summed E-state index contributed by atoms with van der Waals surface area (Å²) in [6, 6.07) is 15.2. The van der Waals surface area contributed by atoms with Gasteiger partial charge in [0.2, 0.25) is 0 Å². The number of nitrogens with zero attached hydrogens (tertiary/aromatic N) is 3. The molecule has 7 nitrogen and oxygen atoms in total. The second-order valence-corrected chi connectivity index (χ2v) is 7.21. The summed E-state index contributed by atoms with van der Waals surface area (Å²) in [6.45, 7) is 2.54. The lowest BCUT2D eigenvalue weighted by atomic mass is 10.2. The maximum atomic E-state index is 12.6. The molecule has 2 N–H and O–H groups in total. The number of aromatic nitrogens is 4. The van der Waals surface area contributed by atoms with Crippen molar-refractivity contribution in [1.29, 1.82) is 0 Å². The Balaban J connectivity index is 1.45. The molecule has 142 valence electrons. The van der Waals surface area contributed by atoms with E-state index in [4.69, 9.17) is 4.74 Å². The molecule has 0 aliphatic carbocycles. The van der Waals surface area contributed by atoms with Crippen LogP contribution in [0.4, 0.5) is 5.69 Å². The van der Waals surface area contributed by atoms with Gasteiger partial charge in [-0.2, -0.15) is 0 Å². The van der Waals surface area contributed by atoms with Gasteiger partial charge in [-0.1, -0.05) is 0 Å². The third-order valence-electron chi connectivity index (χ3n) is 4.14. The number of nitrogens with one attached hydrogen (secondary N) is 2. The number of hydrogen-bond donors (Lipinski definition) is 2. The number of benzene rings is 2. The fourth-order valence-corrected chi connectivity index (χ4v) is 3.52. The molecule has 4 aromatic rings. The molecule has 0 radical (unpaired) electrons. The SMILES string of the molecule is CCOc1ccc2cc(C(=O)Nc3ccc(Sc4nncn4C)cc3)[nH]c2c1. The lowest BCUT2D eigenvalue weighted by molar-refractivity contribution is 0.102. The van der Waals surface area contributed by atoms with Crippen molar-refractivity contribution in [2.24, 2.45) is 7.05 Å². The molecule has 2 aromatic heterocycles. The maximum absolute atomic E-state index is 12.6. The third kappa shape index (κ3) is 3.86. The van der Waals surface area contributed by atoms with Gasteiger partial charge in [-0.05, 0) is 61.2 Å². The minimum absolute atomic E-state index is 0.192. The summed E-state index contributed by atoms with van der Waals surface area (Å²) in [6.07, 6.45) is 1.66. The predicted molar refractivity (Wildman–Crippen MR) is 109 cm³/mol. The number of carbonyl (C=O) groups excluding carboxylic acids is 1. The van der Waals surface area contributed by atoms with Gasteiger partial charge in [-0.3, -0.25) is 4.79 Å². The molecule has 0 atom stereocenters. The van der Waals surface area contributed by atoms with Crippen molar-refractivity contribution in [3.05, 3.63) is 60.6 Å². The average Bonchev–Trinajstić information content (AvgIpc) is 3.29. The summed E-state index contributed by atoms with van der Waals surface area (Å²) in [7, 11) is 1.90. The Hall–Kier alpha value is -3.26. The molecule has 0 bridgehead atoms. The molecule has 2 aromatic carbocycles. The molecule has 4 rings (SSSR count). The van der Waals surface area contributed by atoms with Crippen LogP contribution in [0.15, 0.2) is 64.9 Å². The highest BCUT2D eigenvalue weighted by Crippen LogP contribution is 2.27. The molecular formula is C20H19N5O2S. The van der Waals surface area contributed by atoms with Gasteiger partial charge in [0.15, 0.2) is 5.16 Å². The van der Waals surface area contributed by atoms with E-state index >= 15 is 0 Å². The largest absolute Gasteiger partial charge is 0.494 e. The molecular weight excluding hydrogens is 374 g/mol. The Labute approximate surface area is 166 Å². The molecule has 8 heteroatoms. The molecule has 0 aliphatic heterocycles. The van der Waals surface area contributed by atoms with Gasteiger partial charge >= 0.3 is 0 Å². The van der Waals surface area contributed by atoms with Gasteiger partial charge in [-0.15, -0.1) is 10.2 Å². The number of amides is 1. The zero-order valence-electron chi connectivity index (χ0n) is 15.5. The molecule has 1 amide bonds. The number of H-pyrrole nitrogens is 1. The zero-order chi connectivity index (χ0) is 19.5. The Bertz CT molecular complexity index is 1120. The standard InChI is InChI=1S/C20H19N5O2S/c1-3-27-15-7-4-13-10-18(23-17(13)11-15)19(26)22-14-5-8-16(9-6-14)28-20-24-21-12-25(20)2/h4-12,23H,3H2,1-2H3,(H,22,26). The van der Waals surface area contributed by atoms with Crippen LogP contribution in [0.1, 0.15) is 17.4 Å². The van der Waals surface area contributed by atoms with E-state index in [0.717, 1.165) is 32.4 Å². The Morgan fingerprint density at radius 1 is 1.21 bits per heavy atom. The van der Waals surface area contributed by atoms with Crippen molar-refractivity contribution < 1.29 is 9.53 Å². The van der Waals surface area contributed by atoms with E-state index in [0.29, 0.717) is 12.3 Å². The summed E-state index contributed by atoms with van der Waals surface area (Å²) in [5.41, 5.74) is 2.09. The molecule has 28 heavy (non-hydrogen) atoms. The van der Waals surface area contributed by atoms with Crippen LogP contribution in [0.2, 0.25) is 0 Å². The number of aromatic amines is 1. The fourth-order valence-electron chi connectivity index (χ4n) is 2.76. The maximum Gasteiger partial charge on any atom is 0.272 e. The van der Waals surface area contributed by atoms with E-state index in [9.17, 15) is 4.79 Å². The summed E-state index contributed by atoms with van der Waals surface area (Å²) in [4.78, 5) is 16.7. The molecule has 0 saturated carbocycles. The van der Waals surface area contributed by atoms with Crippen molar-refractivity contribution >= 4 is 34.3 Å². The average molecular weight is 393 g/mol. The van der Waals surface area contributed by atoms with Crippen LogP contribution < -0.4 is 10.1 Å². The third-order valence-corrected chi connectivity index (χ3v) is 5.20. The predicted octanol–water partition coefficient (Wildman–Crippen LogP) is 4.10. The van der Waals surface area contributed by atoms with Crippen LogP contribution >= 0.6 is 11.8 Å². The molecule has 0 fully saturated rings. The highest BCUT2D eigenvalue weighted by atomic mass is 32.2. The second-order valence-electron chi connectivity index (χ2n) is 6.17. The quantitative estimate of drug-likeness (QED) is 0.515. The van der Waals surface area contributed by atoms with Gasteiger partial charge in [0, 0.05) is 34.6 Å². The minimum Gasteiger partial charge on any atom is -0.494 e. The van der Waals surface area contributed by atoms with E-state index < -0.39 is 0 Å². The number of hydrogen-bond acceptors (Lipinski definition) is 5. The van der Waals surface area contributed by atoms with Gasteiger partial charge in [0.05, 0.1) is 6.61 Å². The van der Waals surface area contributed by atoms with Crippen molar-refractivity contribution in [3.8, 4) is 5.75 Å². The Morgan fingerprint density at radius 2 is 2.04 bits per heavy atom. The van der Waals surface area contributed by atoms with Crippen molar-refractivity contribution in [2.75, 3.05) is 11.9 Å². The van der Waals surface area contributed by atoms with Crippen LogP contribution in [-0.2, 0) is 7.05 Å². The van der Waals surface area contributed by atoms with Crippen molar-refractivity contribution in [1.82, 2.24) is 19.7 Å². The lowest BCUT2D eigenvalue weighted by Gasteiger charge is -2.05. The first kappa shape index (κ1) is 18.1. The molecule has 0 saturated heterocycles. The van der Waals surface area contributed by atoms with Crippen LogP contribution in [0.25, 0.3) is 10.9 Å². The van der Waals surface area contributed by atoms with Gasteiger partial charge in [-0.25, -0.2) is 0 Å². The topological polar surface area (TPSA) is 84.8 Å². The first-order valence-corrected chi connectivity index (χ1v) is 9.63. The van der Waals surface area contributed by atoms with Gasteiger partial charge in [0.1, 0.15) is 17.8 Å². The number of aryl methyl sites for hydroxylation is 1. The summed E-state index contributed by atoms with van der Waals surface area (Å²) in [5.74, 6) is 0.586. The number of anilines is 1. The summed E-state index contributed by atoms with van der Waals surface area (Å²) in [5, 5.41) is 12.6. The Morgan fingerprint density at radius 3 is 2.75 bits per heavy atom. The monoisotopic (exact) mass is 393 g/mol. The van der Waals surface area contributed by atoms with Crippen LogP contribution in [0, 0.1) is 0 Å². The molecule has 2 heterocycles. The van der Waals surface area contributed by atoms with E-state index in [1.54, 1.807) is 6.33 Å². The van der Waals surface area contributed by atoms with Gasteiger partial charge < -0.3 is 19.6 Å². The van der Waals surface area contributed by atoms with Crippen LogP contribution in [-0.4, -0.2) is 32.3 Å². The highest BCUT2D eigenvalue weighted by Gasteiger charge is 2.11. The first-order valence-electron chi connectivity index (χ1n) is 8.81. The minimum atomic E-state index is -0.192. The van der Waals surface area contributed by atoms with Crippen LogP contribution in [0.3, 0.4) is 0 Å². The van der Waals surface area contributed by atoms with E-state index in [-0.39, 0.29) is 5.91 Å². The molecule has 0 spiro atoms. The highest BCUT2D eigenvalue weighted by molar-refractivity contribution is 7.99. The second kappa shape index (κ2) is 7.77. The molecule has 0 aliphatic rings. The van der Waals surface area contributed by atoms with E-state index in [1.165, 1.54) is 11.8 Å². The van der Waals surface area contributed by atoms with Crippen molar-refractivity contribution in [3.63, 3.8) is 0 Å². The first-order chi connectivity index (χ1) is 13.6. The normalized spacial score (nSPS) is 10.9. The van der Waals surface area contributed by atoms with Crippen molar-refractivity contribution in [2.45, 2.75) is 17.0 Å². The van der Waals surface area contributed by atoms with E-state index in [2.05, 4.69) is 20.5 Å². The number of rotatable bonds is 6. The smallest absolute Gasteiger partial charge is 0.272 e.